The fourth-order valence-electron chi connectivity index (χ4n) is 2.94. The van der Waals surface area contributed by atoms with Crippen LogP contribution in [0.4, 0.5) is 4.79 Å². The fraction of sp³-hybridized carbons (Fsp3) is 0.875. The second-order valence-electron chi connectivity index (χ2n) is 7.13. The van der Waals surface area contributed by atoms with Crippen LogP contribution in [0, 0.1) is 11.3 Å². The summed E-state index contributed by atoms with van der Waals surface area (Å²) in [6.45, 7) is 10.2. The van der Waals surface area contributed by atoms with Crippen LogP contribution < -0.4 is 5.32 Å². The zero-order valence-electron chi connectivity index (χ0n) is 13.8. The van der Waals surface area contributed by atoms with Gasteiger partial charge in [0.1, 0.15) is 0 Å². The van der Waals surface area contributed by atoms with E-state index < -0.39 is 5.97 Å². The number of carbonyl (C=O) groups is 2. The van der Waals surface area contributed by atoms with E-state index in [1.165, 1.54) is 0 Å². The molecular weight excluding hydrogens is 268 g/mol. The van der Waals surface area contributed by atoms with E-state index in [2.05, 4.69) is 26.1 Å². The topological polar surface area (TPSA) is 69.6 Å². The standard InChI is InChI=1S/C16H30N2O3/c1-5-13(11-14(19)20)17-15(21)18-9-6-7-12(8-10-18)16(2,3)4/h12-13H,5-11H2,1-4H3,(H,17,21)(H,19,20). The van der Waals surface area contributed by atoms with E-state index in [4.69, 9.17) is 5.11 Å². The number of carbonyl (C=O) groups excluding carboxylic acids is 1. The molecule has 2 amide bonds. The lowest BCUT2D eigenvalue weighted by molar-refractivity contribution is -0.137. The van der Waals surface area contributed by atoms with Gasteiger partial charge in [0.2, 0.25) is 0 Å². The van der Waals surface area contributed by atoms with E-state index in [9.17, 15) is 9.59 Å². The maximum Gasteiger partial charge on any atom is 0.317 e. The van der Waals surface area contributed by atoms with Gasteiger partial charge in [0.05, 0.1) is 6.42 Å². The van der Waals surface area contributed by atoms with Crippen molar-refractivity contribution in [1.82, 2.24) is 10.2 Å². The third-order valence-electron chi connectivity index (χ3n) is 4.48. The molecule has 1 saturated heterocycles. The first-order valence-corrected chi connectivity index (χ1v) is 8.01. The number of nitrogens with zero attached hydrogens (tertiary/aromatic N) is 1. The molecular formula is C16H30N2O3. The van der Waals surface area contributed by atoms with Crippen LogP contribution in [-0.4, -0.2) is 41.1 Å². The van der Waals surface area contributed by atoms with Crippen molar-refractivity contribution >= 4 is 12.0 Å². The highest BCUT2D eigenvalue weighted by Gasteiger charge is 2.29. The average Bonchev–Trinajstić information content (AvgIpc) is 2.62. The van der Waals surface area contributed by atoms with Gasteiger partial charge in [-0.15, -0.1) is 0 Å². The number of amides is 2. The summed E-state index contributed by atoms with van der Waals surface area (Å²) in [6.07, 6.45) is 3.81. The molecule has 0 radical (unpaired) electrons. The second-order valence-corrected chi connectivity index (χ2v) is 7.13. The highest BCUT2D eigenvalue weighted by Crippen LogP contribution is 2.34. The van der Waals surface area contributed by atoms with Gasteiger partial charge in [-0.3, -0.25) is 4.79 Å². The molecule has 122 valence electrons. The van der Waals surface area contributed by atoms with Crippen molar-refractivity contribution in [3.63, 3.8) is 0 Å². The summed E-state index contributed by atoms with van der Waals surface area (Å²) in [4.78, 5) is 24.9. The summed E-state index contributed by atoms with van der Waals surface area (Å²) in [5.74, 6) is -0.234. The predicted octanol–water partition coefficient (Wildman–Crippen LogP) is 3.10. The Kier molecular flexibility index (Phi) is 6.49. The molecule has 21 heavy (non-hydrogen) atoms. The quantitative estimate of drug-likeness (QED) is 0.838. The summed E-state index contributed by atoms with van der Waals surface area (Å²) in [5.41, 5.74) is 0.280. The minimum atomic E-state index is -0.870. The van der Waals surface area contributed by atoms with Crippen LogP contribution in [0.2, 0.25) is 0 Å². The summed E-state index contributed by atoms with van der Waals surface area (Å²) in [6, 6.07) is -0.394. The van der Waals surface area contributed by atoms with Crippen LogP contribution in [0.1, 0.15) is 59.8 Å². The van der Waals surface area contributed by atoms with Crippen molar-refractivity contribution in [3.8, 4) is 0 Å². The van der Waals surface area contributed by atoms with Crippen molar-refractivity contribution in [2.45, 2.75) is 65.8 Å². The average molecular weight is 298 g/mol. The summed E-state index contributed by atoms with van der Waals surface area (Å²) >= 11 is 0. The number of likely N-dealkylation sites (tertiary alicyclic amines) is 1. The Hall–Kier alpha value is -1.26. The lowest BCUT2D eigenvalue weighted by atomic mass is 9.77. The van der Waals surface area contributed by atoms with Crippen LogP contribution in [-0.2, 0) is 4.79 Å². The Labute approximate surface area is 128 Å². The van der Waals surface area contributed by atoms with Gasteiger partial charge in [-0.05, 0) is 37.0 Å². The highest BCUT2D eigenvalue weighted by atomic mass is 16.4. The Balaban J connectivity index is 2.53. The number of hydrogen-bond acceptors (Lipinski definition) is 2. The number of nitrogens with one attached hydrogen (secondary N) is 1. The number of urea groups is 1. The van der Waals surface area contributed by atoms with Crippen molar-refractivity contribution in [1.29, 1.82) is 0 Å². The normalized spacial score (nSPS) is 21.5. The Morgan fingerprint density at radius 2 is 1.95 bits per heavy atom. The second kappa shape index (κ2) is 7.66. The van der Waals surface area contributed by atoms with E-state index in [1.54, 1.807) is 0 Å². The van der Waals surface area contributed by atoms with Crippen LogP contribution in [0.5, 0.6) is 0 Å². The van der Waals surface area contributed by atoms with Crippen LogP contribution in [0.25, 0.3) is 0 Å². The van der Waals surface area contributed by atoms with Crippen LogP contribution in [0.3, 0.4) is 0 Å². The first kappa shape index (κ1) is 17.8. The Morgan fingerprint density at radius 1 is 1.29 bits per heavy atom. The molecule has 0 aromatic rings. The Bertz CT molecular complexity index is 363. The molecule has 0 spiro atoms. The van der Waals surface area contributed by atoms with Crippen LogP contribution in [0.15, 0.2) is 0 Å². The lowest BCUT2D eigenvalue weighted by Gasteiger charge is -2.30. The molecule has 2 atom stereocenters. The molecule has 2 unspecified atom stereocenters. The zero-order chi connectivity index (χ0) is 16.0. The predicted molar refractivity (Wildman–Crippen MR) is 83.2 cm³/mol. The van der Waals surface area contributed by atoms with Gasteiger partial charge < -0.3 is 15.3 Å². The van der Waals surface area contributed by atoms with Gasteiger partial charge in [-0.2, -0.15) is 0 Å². The van der Waals surface area contributed by atoms with E-state index in [0.717, 1.165) is 32.4 Å². The molecule has 0 bridgehead atoms. The minimum absolute atomic E-state index is 0.0132. The van der Waals surface area contributed by atoms with Gasteiger partial charge in [0.25, 0.3) is 0 Å². The number of carboxylic acids is 1. The highest BCUT2D eigenvalue weighted by molar-refractivity contribution is 5.76. The first-order valence-electron chi connectivity index (χ1n) is 8.01. The largest absolute Gasteiger partial charge is 0.481 e. The third-order valence-corrected chi connectivity index (χ3v) is 4.48. The molecule has 1 rings (SSSR count). The number of hydrogen-bond donors (Lipinski definition) is 2. The molecule has 0 aromatic carbocycles. The van der Waals surface area contributed by atoms with Gasteiger partial charge in [-0.25, -0.2) is 4.79 Å². The molecule has 2 N–H and O–H groups in total. The van der Waals surface area contributed by atoms with E-state index >= 15 is 0 Å². The van der Waals surface area contributed by atoms with Crippen molar-refractivity contribution < 1.29 is 14.7 Å². The van der Waals surface area contributed by atoms with E-state index in [0.29, 0.717) is 12.3 Å². The smallest absolute Gasteiger partial charge is 0.317 e. The molecule has 0 saturated carbocycles. The number of carboxylic acid groups (broad SMARTS) is 1. The van der Waals surface area contributed by atoms with Crippen LogP contribution >= 0.6 is 0 Å². The molecule has 1 heterocycles. The van der Waals surface area contributed by atoms with E-state index in [1.807, 2.05) is 11.8 Å². The molecule has 0 aromatic heterocycles. The lowest BCUT2D eigenvalue weighted by Crippen LogP contribution is -2.45. The summed E-state index contributed by atoms with van der Waals surface area (Å²) in [7, 11) is 0. The van der Waals surface area contributed by atoms with E-state index in [-0.39, 0.29) is 23.9 Å². The van der Waals surface area contributed by atoms with Gasteiger partial charge in [0.15, 0.2) is 0 Å². The minimum Gasteiger partial charge on any atom is -0.481 e. The maximum absolute atomic E-state index is 12.3. The first-order chi connectivity index (χ1) is 9.74. The molecule has 0 aliphatic carbocycles. The summed E-state index contributed by atoms with van der Waals surface area (Å²) in [5, 5.41) is 11.7. The molecule has 1 fully saturated rings. The van der Waals surface area contributed by atoms with Gasteiger partial charge in [-0.1, -0.05) is 27.7 Å². The molecule has 5 heteroatoms. The van der Waals surface area contributed by atoms with Gasteiger partial charge in [0, 0.05) is 19.1 Å². The number of rotatable bonds is 4. The molecule has 5 nitrogen and oxygen atoms in total. The zero-order valence-corrected chi connectivity index (χ0v) is 13.8. The van der Waals surface area contributed by atoms with Crippen molar-refractivity contribution in [2.75, 3.05) is 13.1 Å². The summed E-state index contributed by atoms with van der Waals surface area (Å²) < 4.78 is 0. The number of aliphatic carboxylic acids is 1. The SMILES string of the molecule is CCC(CC(=O)O)NC(=O)N1CCCC(C(C)(C)C)CC1. The Morgan fingerprint density at radius 3 is 2.48 bits per heavy atom. The third kappa shape index (κ3) is 5.94. The van der Waals surface area contributed by atoms with Crippen molar-refractivity contribution in [3.05, 3.63) is 0 Å². The maximum atomic E-state index is 12.3. The van der Waals surface area contributed by atoms with Crippen molar-refractivity contribution in [2.24, 2.45) is 11.3 Å². The monoisotopic (exact) mass is 298 g/mol. The fourth-order valence-corrected chi connectivity index (χ4v) is 2.94. The van der Waals surface area contributed by atoms with Gasteiger partial charge >= 0.3 is 12.0 Å². The molecule has 1 aliphatic rings. The molecule has 1 aliphatic heterocycles.